The van der Waals surface area contributed by atoms with Crippen LogP contribution >= 0.6 is 15.9 Å². The van der Waals surface area contributed by atoms with E-state index in [1.165, 1.54) is 0 Å². The Morgan fingerprint density at radius 1 is 1.40 bits per heavy atom. The highest BCUT2D eigenvalue weighted by Gasteiger charge is 1.94. The Kier molecular flexibility index (Phi) is 1.20. The maximum atomic E-state index is 4.04. The summed E-state index contributed by atoms with van der Waals surface area (Å²) in [5.74, 6) is 0. The van der Waals surface area contributed by atoms with Gasteiger partial charge < -0.3 is 0 Å². The number of aromatic amines is 1. The van der Waals surface area contributed by atoms with Crippen molar-refractivity contribution >= 4 is 26.8 Å². The Labute approximate surface area is 65.6 Å². The molecule has 0 saturated carbocycles. The number of halogens is 1. The smallest absolute Gasteiger partial charge is 0.108 e. The lowest BCUT2D eigenvalue weighted by atomic mass is 10.3. The molecule has 0 spiro atoms. The van der Waals surface area contributed by atoms with Gasteiger partial charge in [-0.3, -0.25) is 5.10 Å². The first-order valence-corrected chi connectivity index (χ1v) is 3.60. The first-order valence-electron chi connectivity index (χ1n) is 2.81. The van der Waals surface area contributed by atoms with Crippen LogP contribution in [0.2, 0.25) is 0 Å². The zero-order chi connectivity index (χ0) is 6.97. The van der Waals surface area contributed by atoms with Gasteiger partial charge in [0.25, 0.3) is 0 Å². The number of aromatic nitrogens is 3. The van der Waals surface area contributed by atoms with Crippen molar-refractivity contribution in [3.63, 3.8) is 0 Å². The third kappa shape index (κ3) is 0.806. The lowest BCUT2D eigenvalue weighted by molar-refractivity contribution is 1.12. The summed E-state index contributed by atoms with van der Waals surface area (Å²) >= 11 is 3.26. The maximum Gasteiger partial charge on any atom is 0.108 e. The van der Waals surface area contributed by atoms with Crippen molar-refractivity contribution in [3.8, 4) is 0 Å². The molecule has 0 aliphatic heterocycles. The summed E-state index contributed by atoms with van der Waals surface area (Å²) in [6.07, 6.45) is 3.51. The van der Waals surface area contributed by atoms with E-state index in [1.807, 2.05) is 6.07 Å². The second-order valence-corrected chi connectivity index (χ2v) is 2.78. The van der Waals surface area contributed by atoms with E-state index in [9.17, 15) is 0 Å². The number of hydrogen-bond acceptors (Lipinski definition) is 2. The molecule has 1 N–H and O–H groups in total. The molecule has 10 heavy (non-hydrogen) atoms. The van der Waals surface area contributed by atoms with E-state index in [2.05, 4.69) is 31.1 Å². The van der Waals surface area contributed by atoms with E-state index in [1.54, 1.807) is 12.4 Å². The summed E-state index contributed by atoms with van der Waals surface area (Å²) in [6.45, 7) is 0. The van der Waals surface area contributed by atoms with Gasteiger partial charge in [0.15, 0.2) is 0 Å². The molecule has 2 aromatic rings. The Morgan fingerprint density at radius 3 is 3.20 bits per heavy atom. The van der Waals surface area contributed by atoms with Crippen molar-refractivity contribution < 1.29 is 0 Å². The molecule has 0 aromatic carbocycles. The van der Waals surface area contributed by atoms with E-state index in [0.717, 1.165) is 15.5 Å². The molecule has 50 valence electrons. The standard InChI is InChI=1S/C6H4BrN3/c7-6-1-5-4(2-8-6)3-9-10-5/h1-3H,(H,9,10). The van der Waals surface area contributed by atoms with Gasteiger partial charge in [-0.1, -0.05) is 0 Å². The van der Waals surface area contributed by atoms with Crippen LogP contribution in [-0.2, 0) is 0 Å². The van der Waals surface area contributed by atoms with E-state index in [0.29, 0.717) is 0 Å². The average Bonchev–Trinajstić information content (AvgIpc) is 2.33. The molecule has 3 nitrogen and oxygen atoms in total. The zero-order valence-corrected chi connectivity index (χ0v) is 6.59. The first-order chi connectivity index (χ1) is 4.86. The third-order valence-electron chi connectivity index (χ3n) is 1.29. The van der Waals surface area contributed by atoms with Crippen LogP contribution in [0.4, 0.5) is 0 Å². The van der Waals surface area contributed by atoms with Gasteiger partial charge in [-0.05, 0) is 22.0 Å². The van der Waals surface area contributed by atoms with Crippen molar-refractivity contribution in [2.45, 2.75) is 0 Å². The third-order valence-corrected chi connectivity index (χ3v) is 1.72. The molecule has 0 unspecified atom stereocenters. The summed E-state index contributed by atoms with van der Waals surface area (Å²) in [6, 6.07) is 1.89. The molecule has 0 atom stereocenters. The number of nitrogens with zero attached hydrogens (tertiary/aromatic N) is 2. The predicted molar refractivity (Wildman–Crippen MR) is 41.6 cm³/mol. The van der Waals surface area contributed by atoms with Crippen LogP contribution in [0.3, 0.4) is 0 Å². The van der Waals surface area contributed by atoms with E-state index in [4.69, 9.17) is 0 Å². The summed E-state index contributed by atoms with van der Waals surface area (Å²) < 4.78 is 0.823. The zero-order valence-electron chi connectivity index (χ0n) is 5.00. The van der Waals surface area contributed by atoms with Gasteiger partial charge >= 0.3 is 0 Å². The van der Waals surface area contributed by atoms with Crippen LogP contribution in [0.1, 0.15) is 0 Å². The number of H-pyrrole nitrogens is 1. The lowest BCUT2D eigenvalue weighted by Gasteiger charge is -1.86. The van der Waals surface area contributed by atoms with E-state index in [-0.39, 0.29) is 0 Å². The van der Waals surface area contributed by atoms with E-state index < -0.39 is 0 Å². The molecular formula is C6H4BrN3. The number of nitrogens with one attached hydrogen (secondary N) is 1. The molecule has 0 aliphatic carbocycles. The van der Waals surface area contributed by atoms with Crippen molar-refractivity contribution in [2.75, 3.05) is 0 Å². The predicted octanol–water partition coefficient (Wildman–Crippen LogP) is 1.72. The minimum absolute atomic E-state index is 0.823. The summed E-state index contributed by atoms with van der Waals surface area (Å²) in [7, 11) is 0. The van der Waals surface area contributed by atoms with Crippen LogP contribution in [0.25, 0.3) is 10.9 Å². The molecule has 2 aromatic heterocycles. The minimum Gasteiger partial charge on any atom is -0.278 e. The van der Waals surface area contributed by atoms with E-state index >= 15 is 0 Å². The molecule has 0 saturated heterocycles. The Hall–Kier alpha value is -0.900. The van der Waals surface area contributed by atoms with Gasteiger partial charge in [0, 0.05) is 11.6 Å². The SMILES string of the molecule is Brc1cc2[nH]ncc2cn1. The Balaban J connectivity index is 2.86. The normalized spacial score (nSPS) is 10.5. The second-order valence-electron chi connectivity index (χ2n) is 1.96. The molecule has 4 heteroatoms. The monoisotopic (exact) mass is 197 g/mol. The molecule has 0 fully saturated rings. The molecule has 2 heterocycles. The van der Waals surface area contributed by atoms with Crippen LogP contribution in [0.5, 0.6) is 0 Å². The highest BCUT2D eigenvalue weighted by Crippen LogP contribution is 2.13. The Morgan fingerprint density at radius 2 is 2.30 bits per heavy atom. The highest BCUT2D eigenvalue weighted by atomic mass is 79.9. The largest absolute Gasteiger partial charge is 0.278 e. The fourth-order valence-electron chi connectivity index (χ4n) is 0.812. The van der Waals surface area contributed by atoms with Gasteiger partial charge in [0.2, 0.25) is 0 Å². The fourth-order valence-corrected chi connectivity index (χ4v) is 1.14. The summed E-state index contributed by atoms with van der Waals surface area (Å²) in [5.41, 5.74) is 1.00. The second kappa shape index (κ2) is 2.05. The number of hydrogen-bond donors (Lipinski definition) is 1. The van der Waals surface area contributed by atoms with Crippen molar-refractivity contribution in [3.05, 3.63) is 23.1 Å². The maximum absolute atomic E-state index is 4.04. The quantitative estimate of drug-likeness (QED) is 0.654. The number of rotatable bonds is 0. The number of fused-ring (bicyclic) bond motifs is 1. The molecule has 0 radical (unpaired) electrons. The summed E-state index contributed by atoms with van der Waals surface area (Å²) in [4.78, 5) is 4.04. The summed E-state index contributed by atoms with van der Waals surface area (Å²) in [5, 5.41) is 7.73. The van der Waals surface area contributed by atoms with Crippen LogP contribution in [0.15, 0.2) is 23.1 Å². The van der Waals surface area contributed by atoms with Gasteiger partial charge in [-0.15, -0.1) is 0 Å². The lowest BCUT2D eigenvalue weighted by Crippen LogP contribution is -1.73. The number of pyridine rings is 1. The van der Waals surface area contributed by atoms with Gasteiger partial charge in [0.05, 0.1) is 11.7 Å². The van der Waals surface area contributed by atoms with Crippen molar-refractivity contribution in [1.82, 2.24) is 15.2 Å². The van der Waals surface area contributed by atoms with Crippen molar-refractivity contribution in [2.24, 2.45) is 0 Å². The average molecular weight is 198 g/mol. The molecular weight excluding hydrogens is 194 g/mol. The highest BCUT2D eigenvalue weighted by molar-refractivity contribution is 9.10. The van der Waals surface area contributed by atoms with Crippen LogP contribution in [0, 0.1) is 0 Å². The van der Waals surface area contributed by atoms with Gasteiger partial charge in [-0.2, -0.15) is 5.10 Å². The van der Waals surface area contributed by atoms with Gasteiger partial charge in [0.1, 0.15) is 4.60 Å². The van der Waals surface area contributed by atoms with Crippen molar-refractivity contribution in [1.29, 1.82) is 0 Å². The molecule has 2 rings (SSSR count). The fraction of sp³-hybridized carbons (Fsp3) is 0. The molecule has 0 bridgehead atoms. The minimum atomic E-state index is 0.823. The molecule has 0 aliphatic rings. The topological polar surface area (TPSA) is 41.6 Å². The Bertz CT molecular complexity index is 355. The van der Waals surface area contributed by atoms with Crippen LogP contribution in [-0.4, -0.2) is 15.2 Å². The molecule has 0 amide bonds. The van der Waals surface area contributed by atoms with Crippen LogP contribution < -0.4 is 0 Å². The first kappa shape index (κ1) is 5.85. The van der Waals surface area contributed by atoms with Gasteiger partial charge in [-0.25, -0.2) is 4.98 Å².